The number of amides is 4. The van der Waals surface area contributed by atoms with E-state index in [1.54, 1.807) is 36.4 Å². The molecule has 0 aliphatic rings. The van der Waals surface area contributed by atoms with Gasteiger partial charge in [-0.05, 0) is 46.7 Å². The Kier molecular flexibility index (Phi) is 7.80. The number of nitrogens with two attached hydrogens (primary N) is 1. The van der Waals surface area contributed by atoms with Gasteiger partial charge in [0.25, 0.3) is 5.91 Å². The van der Waals surface area contributed by atoms with Crippen LogP contribution in [0.3, 0.4) is 0 Å². The SMILES string of the molecule is CC(C)C(NC(=O)c1ccc(C(C)(C)C)cc1)C(=O)NCc1ccc(NC(N)=O)cc1. The monoisotopic (exact) mass is 424 g/mol. The topological polar surface area (TPSA) is 113 Å². The normalized spacial score (nSPS) is 12.2. The van der Waals surface area contributed by atoms with Crippen LogP contribution in [-0.4, -0.2) is 23.9 Å². The number of nitrogens with one attached hydrogen (secondary N) is 3. The Hall–Kier alpha value is -3.35. The summed E-state index contributed by atoms with van der Waals surface area (Å²) in [6.45, 7) is 10.4. The van der Waals surface area contributed by atoms with Gasteiger partial charge in [-0.15, -0.1) is 0 Å². The fraction of sp³-hybridized carbons (Fsp3) is 0.375. The lowest BCUT2D eigenvalue weighted by Gasteiger charge is -2.22. The minimum absolute atomic E-state index is 0.00344. The van der Waals surface area contributed by atoms with Gasteiger partial charge < -0.3 is 21.7 Å². The van der Waals surface area contributed by atoms with Gasteiger partial charge in [-0.2, -0.15) is 0 Å². The van der Waals surface area contributed by atoms with Crippen LogP contribution in [0.2, 0.25) is 0 Å². The van der Waals surface area contributed by atoms with Crippen LogP contribution in [0, 0.1) is 5.92 Å². The highest BCUT2D eigenvalue weighted by Gasteiger charge is 2.24. The lowest BCUT2D eigenvalue weighted by atomic mass is 9.86. The van der Waals surface area contributed by atoms with Gasteiger partial charge in [-0.1, -0.05) is 58.9 Å². The van der Waals surface area contributed by atoms with Crippen molar-refractivity contribution in [3.8, 4) is 0 Å². The molecular formula is C24H32N4O3. The molecule has 2 aromatic rings. The van der Waals surface area contributed by atoms with Gasteiger partial charge in [0.1, 0.15) is 6.04 Å². The van der Waals surface area contributed by atoms with Gasteiger partial charge in [0.15, 0.2) is 0 Å². The number of urea groups is 1. The van der Waals surface area contributed by atoms with Crippen LogP contribution >= 0.6 is 0 Å². The smallest absolute Gasteiger partial charge is 0.316 e. The lowest BCUT2D eigenvalue weighted by molar-refractivity contribution is -0.124. The van der Waals surface area contributed by atoms with E-state index in [9.17, 15) is 14.4 Å². The molecule has 0 saturated heterocycles. The summed E-state index contributed by atoms with van der Waals surface area (Å²) >= 11 is 0. The van der Waals surface area contributed by atoms with E-state index in [1.807, 2.05) is 26.0 Å². The van der Waals surface area contributed by atoms with Crippen molar-refractivity contribution in [1.82, 2.24) is 10.6 Å². The third-order valence-corrected chi connectivity index (χ3v) is 4.94. The fourth-order valence-electron chi connectivity index (χ4n) is 3.03. The van der Waals surface area contributed by atoms with Gasteiger partial charge in [0.05, 0.1) is 0 Å². The number of anilines is 1. The summed E-state index contributed by atoms with van der Waals surface area (Å²) in [5.74, 6) is -0.620. The van der Waals surface area contributed by atoms with Gasteiger partial charge >= 0.3 is 6.03 Å². The number of rotatable bonds is 7. The molecule has 0 heterocycles. The summed E-state index contributed by atoms with van der Waals surface area (Å²) in [6.07, 6.45) is 0. The number of carbonyl (C=O) groups is 3. The molecule has 2 aromatic carbocycles. The molecule has 2 rings (SSSR count). The molecule has 0 aliphatic heterocycles. The number of hydrogen-bond donors (Lipinski definition) is 4. The molecule has 0 bridgehead atoms. The van der Waals surface area contributed by atoms with Crippen LogP contribution in [0.25, 0.3) is 0 Å². The van der Waals surface area contributed by atoms with E-state index >= 15 is 0 Å². The van der Waals surface area contributed by atoms with Gasteiger partial charge in [-0.3, -0.25) is 9.59 Å². The number of carbonyl (C=O) groups excluding carboxylic acids is 3. The second-order valence-corrected chi connectivity index (χ2v) is 8.93. The van der Waals surface area contributed by atoms with Crippen molar-refractivity contribution in [2.24, 2.45) is 11.7 Å². The molecule has 7 nitrogen and oxygen atoms in total. The van der Waals surface area contributed by atoms with Crippen molar-refractivity contribution >= 4 is 23.5 Å². The van der Waals surface area contributed by atoms with E-state index in [0.717, 1.165) is 11.1 Å². The Morgan fingerprint density at radius 2 is 1.52 bits per heavy atom. The van der Waals surface area contributed by atoms with E-state index < -0.39 is 12.1 Å². The van der Waals surface area contributed by atoms with Crippen molar-refractivity contribution < 1.29 is 14.4 Å². The summed E-state index contributed by atoms with van der Waals surface area (Å²) < 4.78 is 0. The number of primary amides is 1. The molecule has 31 heavy (non-hydrogen) atoms. The van der Waals surface area contributed by atoms with Gasteiger partial charge in [0.2, 0.25) is 5.91 Å². The maximum absolute atomic E-state index is 12.7. The van der Waals surface area contributed by atoms with Crippen molar-refractivity contribution in [2.75, 3.05) is 5.32 Å². The largest absolute Gasteiger partial charge is 0.351 e. The standard InChI is InChI=1S/C24H32N4O3/c1-15(2)20(28-21(29)17-8-10-18(11-9-17)24(3,4)5)22(30)26-14-16-6-12-19(13-7-16)27-23(25)31/h6-13,15,20H,14H2,1-5H3,(H,26,30)(H,28,29)(H3,25,27,31). The minimum atomic E-state index is -0.661. The molecule has 0 aromatic heterocycles. The zero-order chi connectivity index (χ0) is 23.2. The fourth-order valence-corrected chi connectivity index (χ4v) is 3.03. The van der Waals surface area contributed by atoms with Crippen molar-refractivity contribution in [1.29, 1.82) is 0 Å². The predicted octanol–water partition coefficient (Wildman–Crippen LogP) is 3.55. The highest BCUT2D eigenvalue weighted by Crippen LogP contribution is 2.22. The maximum Gasteiger partial charge on any atom is 0.316 e. The molecule has 0 radical (unpaired) electrons. The summed E-state index contributed by atoms with van der Waals surface area (Å²) in [4.78, 5) is 36.3. The average Bonchev–Trinajstić information content (AvgIpc) is 2.70. The molecule has 1 atom stereocenters. The van der Waals surface area contributed by atoms with Gasteiger partial charge in [0, 0.05) is 17.8 Å². The maximum atomic E-state index is 12.7. The summed E-state index contributed by atoms with van der Waals surface area (Å²) in [5.41, 5.74) is 8.18. The lowest BCUT2D eigenvalue weighted by Crippen LogP contribution is -2.49. The Balaban J connectivity index is 1.98. The summed E-state index contributed by atoms with van der Waals surface area (Å²) in [7, 11) is 0. The Bertz CT molecular complexity index is 913. The molecule has 1 unspecified atom stereocenters. The van der Waals surface area contributed by atoms with Crippen molar-refractivity contribution in [3.63, 3.8) is 0 Å². The van der Waals surface area contributed by atoms with Crippen LogP contribution < -0.4 is 21.7 Å². The van der Waals surface area contributed by atoms with Crippen LogP contribution in [-0.2, 0) is 16.8 Å². The third kappa shape index (κ3) is 7.13. The number of hydrogen-bond acceptors (Lipinski definition) is 3. The zero-order valence-corrected chi connectivity index (χ0v) is 18.8. The van der Waals surface area contributed by atoms with Crippen LogP contribution in [0.15, 0.2) is 48.5 Å². The summed E-state index contributed by atoms with van der Waals surface area (Å²) in [5, 5.41) is 8.19. The molecule has 4 amide bonds. The molecule has 0 fully saturated rings. The van der Waals surface area contributed by atoms with Crippen molar-refractivity contribution in [3.05, 3.63) is 65.2 Å². The van der Waals surface area contributed by atoms with Crippen LogP contribution in [0.4, 0.5) is 10.5 Å². The minimum Gasteiger partial charge on any atom is -0.351 e. The Labute approximate surface area is 183 Å². The first-order valence-electron chi connectivity index (χ1n) is 10.3. The van der Waals surface area contributed by atoms with Crippen LogP contribution in [0.1, 0.15) is 56.1 Å². The van der Waals surface area contributed by atoms with E-state index in [2.05, 4.69) is 36.7 Å². The predicted molar refractivity (Wildman–Crippen MR) is 123 cm³/mol. The number of benzene rings is 2. The van der Waals surface area contributed by atoms with Crippen LogP contribution in [0.5, 0.6) is 0 Å². The van der Waals surface area contributed by atoms with Crippen molar-refractivity contribution in [2.45, 2.75) is 52.6 Å². The van der Waals surface area contributed by atoms with Gasteiger partial charge in [-0.25, -0.2) is 4.79 Å². The van der Waals surface area contributed by atoms with E-state index in [1.165, 1.54) is 0 Å². The van der Waals surface area contributed by atoms with E-state index in [0.29, 0.717) is 17.8 Å². The first-order valence-corrected chi connectivity index (χ1v) is 10.3. The second-order valence-electron chi connectivity index (χ2n) is 8.93. The quantitative estimate of drug-likeness (QED) is 0.545. The summed E-state index contributed by atoms with van der Waals surface area (Å²) in [6, 6.07) is 13.1. The first kappa shape index (κ1) is 23.9. The van der Waals surface area contributed by atoms with E-state index in [-0.39, 0.29) is 23.1 Å². The Morgan fingerprint density at radius 3 is 2.00 bits per heavy atom. The first-order chi connectivity index (χ1) is 14.5. The van der Waals surface area contributed by atoms with E-state index in [4.69, 9.17) is 5.73 Å². The molecule has 166 valence electrons. The highest BCUT2D eigenvalue weighted by molar-refractivity contribution is 5.97. The highest BCUT2D eigenvalue weighted by atomic mass is 16.2. The average molecular weight is 425 g/mol. The zero-order valence-electron chi connectivity index (χ0n) is 18.8. The molecular weight excluding hydrogens is 392 g/mol. The molecule has 0 aliphatic carbocycles. The Morgan fingerprint density at radius 1 is 0.935 bits per heavy atom. The molecule has 0 spiro atoms. The second kappa shape index (κ2) is 10.1. The third-order valence-electron chi connectivity index (χ3n) is 4.94. The molecule has 0 saturated carbocycles. The molecule has 7 heteroatoms. The molecule has 5 N–H and O–H groups in total.